The second-order valence-electron chi connectivity index (χ2n) is 3.78. The molecule has 84 valence electrons. The van der Waals surface area contributed by atoms with Gasteiger partial charge < -0.3 is 10.0 Å². The zero-order valence-corrected chi connectivity index (χ0v) is 9.32. The van der Waals surface area contributed by atoms with Gasteiger partial charge in [0.05, 0.1) is 0 Å². The Morgan fingerprint density at radius 3 is 1.76 bits per heavy atom. The maximum absolute atomic E-state index is 8.96. The smallest absolute Gasteiger partial charge is 0.423 e. The molecule has 0 aromatic heterocycles. The Morgan fingerprint density at radius 1 is 0.706 bits per heavy atom. The van der Waals surface area contributed by atoms with E-state index >= 15 is 0 Å². The highest BCUT2D eigenvalue weighted by Gasteiger charge is 2.08. The zero-order chi connectivity index (χ0) is 12.1. The van der Waals surface area contributed by atoms with Crippen molar-refractivity contribution in [3.8, 4) is 0 Å². The predicted octanol–water partition coefficient (Wildman–Crippen LogP) is 1.54. The van der Waals surface area contributed by atoms with Gasteiger partial charge in [0, 0.05) is 0 Å². The molecule has 0 fully saturated rings. The SMILES string of the molecule is OB(O)c1ccc(C=Cc2ccccc2)cc1. The van der Waals surface area contributed by atoms with Gasteiger partial charge in [-0.15, -0.1) is 0 Å². The van der Waals surface area contributed by atoms with E-state index in [0.29, 0.717) is 5.46 Å². The van der Waals surface area contributed by atoms with E-state index in [1.54, 1.807) is 12.1 Å². The lowest BCUT2D eigenvalue weighted by Gasteiger charge is -1.99. The first kappa shape index (κ1) is 11.6. The van der Waals surface area contributed by atoms with E-state index in [0.717, 1.165) is 11.1 Å². The highest BCUT2D eigenvalue weighted by Crippen LogP contribution is 2.06. The normalized spacial score (nSPS) is 10.7. The molecule has 0 saturated heterocycles. The fourth-order valence-corrected chi connectivity index (χ4v) is 1.54. The van der Waals surface area contributed by atoms with Gasteiger partial charge in [-0.3, -0.25) is 0 Å². The Hall–Kier alpha value is -1.84. The van der Waals surface area contributed by atoms with Gasteiger partial charge in [-0.1, -0.05) is 66.7 Å². The average molecular weight is 224 g/mol. The van der Waals surface area contributed by atoms with Gasteiger partial charge >= 0.3 is 7.12 Å². The first-order chi connectivity index (χ1) is 8.25. The molecule has 2 aromatic carbocycles. The molecule has 0 radical (unpaired) electrons. The van der Waals surface area contributed by atoms with Gasteiger partial charge in [-0.05, 0) is 16.6 Å². The Labute approximate surface area is 101 Å². The van der Waals surface area contributed by atoms with Gasteiger partial charge in [0.2, 0.25) is 0 Å². The number of benzene rings is 2. The topological polar surface area (TPSA) is 40.5 Å². The van der Waals surface area contributed by atoms with Crippen molar-refractivity contribution >= 4 is 24.7 Å². The van der Waals surface area contributed by atoms with Crippen molar-refractivity contribution < 1.29 is 10.0 Å². The quantitative estimate of drug-likeness (QED) is 0.613. The van der Waals surface area contributed by atoms with Gasteiger partial charge in [0.25, 0.3) is 0 Å². The molecule has 0 saturated carbocycles. The van der Waals surface area contributed by atoms with Crippen molar-refractivity contribution in [1.82, 2.24) is 0 Å². The van der Waals surface area contributed by atoms with E-state index in [4.69, 9.17) is 10.0 Å². The molecule has 0 aliphatic carbocycles. The van der Waals surface area contributed by atoms with Gasteiger partial charge in [-0.2, -0.15) is 0 Å². The summed E-state index contributed by atoms with van der Waals surface area (Å²) in [6, 6.07) is 17.1. The molecule has 0 bridgehead atoms. The largest absolute Gasteiger partial charge is 0.488 e. The maximum atomic E-state index is 8.96. The van der Waals surface area contributed by atoms with Crippen LogP contribution in [0.1, 0.15) is 11.1 Å². The molecule has 0 aliphatic rings. The van der Waals surface area contributed by atoms with Gasteiger partial charge in [0.1, 0.15) is 0 Å². The van der Waals surface area contributed by atoms with Crippen LogP contribution in [0, 0.1) is 0 Å². The molecular weight excluding hydrogens is 211 g/mol. The Balaban J connectivity index is 2.12. The molecule has 2 rings (SSSR count). The monoisotopic (exact) mass is 224 g/mol. The van der Waals surface area contributed by atoms with Crippen LogP contribution in [0.2, 0.25) is 0 Å². The van der Waals surface area contributed by atoms with E-state index in [1.165, 1.54) is 0 Å². The summed E-state index contributed by atoms with van der Waals surface area (Å²) in [7, 11) is -1.40. The lowest BCUT2D eigenvalue weighted by molar-refractivity contribution is 0.426. The molecule has 2 nitrogen and oxygen atoms in total. The third kappa shape index (κ3) is 3.31. The third-order valence-electron chi connectivity index (χ3n) is 2.50. The summed E-state index contributed by atoms with van der Waals surface area (Å²) in [4.78, 5) is 0. The first-order valence-electron chi connectivity index (χ1n) is 5.45. The fourth-order valence-electron chi connectivity index (χ4n) is 1.54. The molecule has 0 atom stereocenters. The summed E-state index contributed by atoms with van der Waals surface area (Å²) in [6.45, 7) is 0. The van der Waals surface area contributed by atoms with E-state index in [2.05, 4.69) is 0 Å². The highest BCUT2D eigenvalue weighted by atomic mass is 16.4. The van der Waals surface area contributed by atoms with Crippen molar-refractivity contribution in [2.45, 2.75) is 0 Å². The van der Waals surface area contributed by atoms with Gasteiger partial charge in [-0.25, -0.2) is 0 Å². The van der Waals surface area contributed by atoms with Crippen LogP contribution in [-0.4, -0.2) is 17.2 Å². The van der Waals surface area contributed by atoms with Crippen molar-refractivity contribution in [2.75, 3.05) is 0 Å². The lowest BCUT2D eigenvalue weighted by atomic mass is 9.80. The molecule has 2 aromatic rings. The molecule has 3 heteroatoms. The second-order valence-corrected chi connectivity index (χ2v) is 3.78. The van der Waals surface area contributed by atoms with Crippen molar-refractivity contribution in [1.29, 1.82) is 0 Å². The lowest BCUT2D eigenvalue weighted by Crippen LogP contribution is -2.29. The second kappa shape index (κ2) is 5.48. The van der Waals surface area contributed by atoms with Crippen molar-refractivity contribution in [3.05, 3.63) is 65.7 Å². The van der Waals surface area contributed by atoms with Crippen LogP contribution in [0.3, 0.4) is 0 Å². The van der Waals surface area contributed by atoms with E-state index in [1.807, 2.05) is 54.6 Å². The number of hydrogen-bond donors (Lipinski definition) is 2. The maximum Gasteiger partial charge on any atom is 0.488 e. The molecule has 0 spiro atoms. The Kier molecular flexibility index (Phi) is 3.75. The minimum atomic E-state index is -1.40. The van der Waals surface area contributed by atoms with Crippen LogP contribution in [-0.2, 0) is 0 Å². The summed E-state index contributed by atoms with van der Waals surface area (Å²) < 4.78 is 0. The van der Waals surface area contributed by atoms with E-state index < -0.39 is 7.12 Å². The van der Waals surface area contributed by atoms with Gasteiger partial charge in [0.15, 0.2) is 0 Å². The summed E-state index contributed by atoms with van der Waals surface area (Å²) in [5.41, 5.74) is 2.67. The minimum Gasteiger partial charge on any atom is -0.423 e. The zero-order valence-electron chi connectivity index (χ0n) is 9.32. The average Bonchev–Trinajstić information content (AvgIpc) is 2.38. The molecule has 0 amide bonds. The van der Waals surface area contributed by atoms with Crippen molar-refractivity contribution in [2.24, 2.45) is 0 Å². The summed E-state index contributed by atoms with van der Waals surface area (Å²) >= 11 is 0. The van der Waals surface area contributed by atoms with Crippen LogP contribution in [0.25, 0.3) is 12.2 Å². The van der Waals surface area contributed by atoms with Crippen LogP contribution in [0.15, 0.2) is 54.6 Å². The van der Waals surface area contributed by atoms with Crippen LogP contribution >= 0.6 is 0 Å². The molecule has 17 heavy (non-hydrogen) atoms. The Morgan fingerprint density at radius 2 is 1.24 bits per heavy atom. The first-order valence-corrected chi connectivity index (χ1v) is 5.45. The number of rotatable bonds is 3. The standard InChI is InChI=1S/C14H13BO2/c16-15(17)14-10-8-13(9-11-14)7-6-12-4-2-1-3-5-12/h1-11,16-17H. The van der Waals surface area contributed by atoms with Crippen LogP contribution < -0.4 is 5.46 Å². The minimum absolute atomic E-state index is 0.502. The van der Waals surface area contributed by atoms with Crippen LogP contribution in [0.4, 0.5) is 0 Å². The summed E-state index contributed by atoms with van der Waals surface area (Å²) in [5, 5.41) is 17.9. The molecule has 0 heterocycles. The van der Waals surface area contributed by atoms with E-state index in [9.17, 15) is 0 Å². The highest BCUT2D eigenvalue weighted by molar-refractivity contribution is 6.58. The molecular formula is C14H13BO2. The van der Waals surface area contributed by atoms with Crippen molar-refractivity contribution in [3.63, 3.8) is 0 Å². The molecule has 0 unspecified atom stereocenters. The fraction of sp³-hybridized carbons (Fsp3) is 0. The third-order valence-corrected chi connectivity index (χ3v) is 2.50. The van der Waals surface area contributed by atoms with Crippen LogP contribution in [0.5, 0.6) is 0 Å². The predicted molar refractivity (Wildman–Crippen MR) is 71.6 cm³/mol. The number of hydrogen-bond acceptors (Lipinski definition) is 2. The van der Waals surface area contributed by atoms with E-state index in [-0.39, 0.29) is 0 Å². The summed E-state index contributed by atoms with van der Waals surface area (Å²) in [6.07, 6.45) is 4.01. The molecule has 0 aliphatic heterocycles. The summed E-state index contributed by atoms with van der Waals surface area (Å²) in [5.74, 6) is 0. The Bertz CT molecular complexity index is 489. The molecule has 2 N–H and O–H groups in total.